The fourth-order valence-corrected chi connectivity index (χ4v) is 2.28. The normalized spacial score (nSPS) is 24.9. The highest BCUT2D eigenvalue weighted by atomic mass is 16.5. The van der Waals surface area contributed by atoms with E-state index in [4.69, 9.17) is 4.74 Å². The third-order valence-corrected chi connectivity index (χ3v) is 3.52. The van der Waals surface area contributed by atoms with E-state index in [1.807, 2.05) is 0 Å². The molecule has 1 unspecified atom stereocenters. The van der Waals surface area contributed by atoms with Gasteiger partial charge in [-0.3, -0.25) is 9.59 Å². The number of rotatable bonds is 7. The molecule has 17 heavy (non-hydrogen) atoms. The second kappa shape index (κ2) is 6.74. The molecule has 0 amide bonds. The lowest BCUT2D eigenvalue weighted by Crippen LogP contribution is -2.42. The van der Waals surface area contributed by atoms with Crippen molar-refractivity contribution in [1.82, 2.24) is 0 Å². The first-order valence-electron chi connectivity index (χ1n) is 6.48. The number of carbonyl (C=O) groups excluding carboxylic acids is 1. The van der Waals surface area contributed by atoms with Gasteiger partial charge in [0.2, 0.25) is 0 Å². The van der Waals surface area contributed by atoms with E-state index >= 15 is 0 Å². The Hall–Kier alpha value is -0.900. The minimum absolute atomic E-state index is 0.115. The van der Waals surface area contributed by atoms with Crippen LogP contribution < -0.4 is 0 Å². The molecule has 0 aromatic rings. The molecular formula is C13H22O4. The van der Waals surface area contributed by atoms with E-state index in [9.17, 15) is 14.7 Å². The molecular weight excluding hydrogens is 220 g/mol. The zero-order valence-electron chi connectivity index (χ0n) is 10.5. The van der Waals surface area contributed by atoms with Gasteiger partial charge in [-0.1, -0.05) is 19.8 Å². The molecule has 0 spiro atoms. The Morgan fingerprint density at radius 2 is 2.18 bits per heavy atom. The molecule has 0 aromatic carbocycles. The second-order valence-corrected chi connectivity index (χ2v) is 4.73. The van der Waals surface area contributed by atoms with Crippen molar-refractivity contribution in [3.8, 4) is 0 Å². The molecule has 0 saturated heterocycles. The standard InChI is InChI=1S/C13H22O4/c1-2-3-9-17-10-8-13(12(15)16)7-5-4-6-11(13)14/h2-10H2,1H3,(H,15,16). The number of Topliss-reactive ketones (excluding diaryl/α,β-unsaturated/α-hetero) is 1. The van der Waals surface area contributed by atoms with E-state index in [0.717, 1.165) is 25.7 Å². The number of carboxylic acids is 1. The van der Waals surface area contributed by atoms with Crippen molar-refractivity contribution in [3.63, 3.8) is 0 Å². The van der Waals surface area contributed by atoms with Gasteiger partial charge in [0.1, 0.15) is 11.2 Å². The van der Waals surface area contributed by atoms with Crippen molar-refractivity contribution in [1.29, 1.82) is 0 Å². The second-order valence-electron chi connectivity index (χ2n) is 4.73. The fraction of sp³-hybridized carbons (Fsp3) is 0.846. The summed E-state index contributed by atoms with van der Waals surface area (Å²) in [5.74, 6) is -1.09. The third kappa shape index (κ3) is 3.53. The van der Waals surface area contributed by atoms with Crippen molar-refractivity contribution < 1.29 is 19.4 Å². The third-order valence-electron chi connectivity index (χ3n) is 3.52. The van der Waals surface area contributed by atoms with Crippen LogP contribution >= 0.6 is 0 Å². The molecule has 1 N–H and O–H groups in total. The molecule has 0 aliphatic heterocycles. The summed E-state index contributed by atoms with van der Waals surface area (Å²) in [6.45, 7) is 3.10. The molecule has 1 aliphatic carbocycles. The molecule has 4 heteroatoms. The first-order valence-corrected chi connectivity index (χ1v) is 6.48. The van der Waals surface area contributed by atoms with Crippen LogP contribution in [0.5, 0.6) is 0 Å². The highest BCUT2D eigenvalue weighted by Crippen LogP contribution is 2.36. The number of carboxylic acid groups (broad SMARTS) is 1. The Kier molecular flexibility index (Phi) is 5.62. The molecule has 1 fully saturated rings. The minimum atomic E-state index is -1.16. The van der Waals surface area contributed by atoms with Crippen molar-refractivity contribution in [2.45, 2.75) is 51.9 Å². The van der Waals surface area contributed by atoms with Gasteiger partial charge in [0, 0.05) is 19.6 Å². The Labute approximate surface area is 102 Å². The van der Waals surface area contributed by atoms with Gasteiger partial charge < -0.3 is 9.84 Å². The molecule has 0 bridgehead atoms. The van der Waals surface area contributed by atoms with Gasteiger partial charge in [0.05, 0.1) is 0 Å². The number of ketones is 1. The number of carbonyl (C=O) groups is 2. The number of aliphatic carboxylic acids is 1. The number of hydrogen-bond donors (Lipinski definition) is 1. The molecule has 0 radical (unpaired) electrons. The van der Waals surface area contributed by atoms with Crippen LogP contribution in [0.4, 0.5) is 0 Å². The van der Waals surface area contributed by atoms with Crippen LogP contribution in [0.25, 0.3) is 0 Å². The summed E-state index contributed by atoms with van der Waals surface area (Å²) in [4.78, 5) is 23.2. The van der Waals surface area contributed by atoms with Crippen LogP contribution in [0.1, 0.15) is 51.9 Å². The lowest BCUT2D eigenvalue weighted by atomic mass is 9.71. The molecule has 0 aromatic heterocycles. The van der Waals surface area contributed by atoms with Crippen LogP contribution in [0.15, 0.2) is 0 Å². The zero-order valence-corrected chi connectivity index (χ0v) is 10.5. The number of hydrogen-bond acceptors (Lipinski definition) is 3. The first kappa shape index (κ1) is 14.2. The Bertz CT molecular complexity index is 275. The molecule has 1 atom stereocenters. The summed E-state index contributed by atoms with van der Waals surface area (Å²) in [7, 11) is 0. The maximum Gasteiger partial charge on any atom is 0.317 e. The SMILES string of the molecule is CCCCOCCC1(C(=O)O)CCCCC1=O. The smallest absolute Gasteiger partial charge is 0.317 e. The van der Waals surface area contributed by atoms with Gasteiger partial charge >= 0.3 is 5.97 Å². The zero-order chi connectivity index (χ0) is 12.7. The largest absolute Gasteiger partial charge is 0.480 e. The maximum atomic E-state index is 11.8. The molecule has 1 aliphatic rings. The van der Waals surface area contributed by atoms with Crippen molar-refractivity contribution in [2.24, 2.45) is 5.41 Å². The van der Waals surface area contributed by atoms with Crippen LogP contribution in [-0.4, -0.2) is 30.1 Å². The molecule has 0 heterocycles. The summed E-state index contributed by atoms with van der Waals surface area (Å²) >= 11 is 0. The quantitative estimate of drug-likeness (QED) is 0.550. The van der Waals surface area contributed by atoms with Gasteiger partial charge in [-0.05, 0) is 25.7 Å². The number of ether oxygens (including phenoxy) is 1. The molecule has 98 valence electrons. The fourth-order valence-electron chi connectivity index (χ4n) is 2.28. The first-order chi connectivity index (χ1) is 8.13. The minimum Gasteiger partial charge on any atom is -0.480 e. The average molecular weight is 242 g/mol. The summed E-state index contributed by atoms with van der Waals surface area (Å²) in [6.07, 6.45) is 4.89. The van der Waals surface area contributed by atoms with E-state index in [1.54, 1.807) is 0 Å². The summed E-state index contributed by atoms with van der Waals surface area (Å²) in [5, 5.41) is 9.29. The highest BCUT2D eigenvalue weighted by molar-refractivity contribution is 6.03. The Balaban J connectivity index is 2.48. The lowest BCUT2D eigenvalue weighted by Gasteiger charge is -2.31. The van der Waals surface area contributed by atoms with Crippen LogP contribution in [0.2, 0.25) is 0 Å². The van der Waals surface area contributed by atoms with Crippen LogP contribution in [-0.2, 0) is 14.3 Å². The maximum absolute atomic E-state index is 11.8. The van der Waals surface area contributed by atoms with Gasteiger partial charge in [-0.25, -0.2) is 0 Å². The van der Waals surface area contributed by atoms with E-state index < -0.39 is 11.4 Å². The van der Waals surface area contributed by atoms with Crippen molar-refractivity contribution >= 4 is 11.8 Å². The van der Waals surface area contributed by atoms with Crippen LogP contribution in [0.3, 0.4) is 0 Å². The van der Waals surface area contributed by atoms with Crippen molar-refractivity contribution in [3.05, 3.63) is 0 Å². The Morgan fingerprint density at radius 1 is 1.41 bits per heavy atom. The van der Waals surface area contributed by atoms with E-state index in [1.165, 1.54) is 0 Å². The number of unbranched alkanes of at least 4 members (excludes halogenated alkanes) is 1. The highest BCUT2D eigenvalue weighted by Gasteiger charge is 2.46. The van der Waals surface area contributed by atoms with Gasteiger partial charge in [0.25, 0.3) is 0 Å². The topological polar surface area (TPSA) is 63.6 Å². The molecule has 4 nitrogen and oxygen atoms in total. The Morgan fingerprint density at radius 3 is 2.76 bits per heavy atom. The van der Waals surface area contributed by atoms with Gasteiger partial charge in [-0.2, -0.15) is 0 Å². The van der Waals surface area contributed by atoms with E-state index in [2.05, 4.69) is 6.92 Å². The molecule has 1 saturated carbocycles. The summed E-state index contributed by atoms with van der Waals surface area (Å²) in [6, 6.07) is 0. The van der Waals surface area contributed by atoms with Gasteiger partial charge in [0.15, 0.2) is 0 Å². The predicted molar refractivity (Wildman–Crippen MR) is 63.9 cm³/mol. The monoisotopic (exact) mass is 242 g/mol. The van der Waals surface area contributed by atoms with E-state index in [-0.39, 0.29) is 5.78 Å². The summed E-state index contributed by atoms with van der Waals surface area (Å²) in [5.41, 5.74) is -1.16. The van der Waals surface area contributed by atoms with Crippen LogP contribution in [0, 0.1) is 5.41 Å². The lowest BCUT2D eigenvalue weighted by molar-refractivity contribution is -0.158. The summed E-state index contributed by atoms with van der Waals surface area (Å²) < 4.78 is 5.38. The average Bonchev–Trinajstić information content (AvgIpc) is 2.31. The van der Waals surface area contributed by atoms with E-state index in [0.29, 0.717) is 32.5 Å². The predicted octanol–water partition coefficient (Wildman–Crippen LogP) is 2.41. The molecule has 1 rings (SSSR count). The van der Waals surface area contributed by atoms with Crippen molar-refractivity contribution in [2.75, 3.05) is 13.2 Å². The van der Waals surface area contributed by atoms with Gasteiger partial charge in [-0.15, -0.1) is 0 Å².